The first-order valence-electron chi connectivity index (χ1n) is 7.77. The molecule has 21 heavy (non-hydrogen) atoms. The number of halogens is 1. The fraction of sp³-hybridized carbons (Fsp3) is 0.647. The van der Waals surface area contributed by atoms with Crippen molar-refractivity contribution in [3.8, 4) is 11.5 Å². The van der Waals surface area contributed by atoms with Gasteiger partial charge < -0.3 is 14.8 Å². The fourth-order valence-electron chi connectivity index (χ4n) is 3.03. The number of nitrogens with one attached hydrogen (secondary N) is 1. The molecule has 1 saturated carbocycles. The van der Waals surface area contributed by atoms with Crippen LogP contribution in [-0.2, 0) is 6.54 Å². The van der Waals surface area contributed by atoms with Crippen LogP contribution in [0.2, 0.25) is 0 Å². The summed E-state index contributed by atoms with van der Waals surface area (Å²) in [6, 6.07) is 4.80. The Morgan fingerprint density at radius 3 is 2.67 bits per heavy atom. The third-order valence-electron chi connectivity index (χ3n) is 4.35. The molecule has 2 rings (SSSR count). The third kappa shape index (κ3) is 4.62. The molecule has 0 aliphatic heterocycles. The lowest BCUT2D eigenvalue weighted by molar-refractivity contribution is 0.352. The number of rotatable bonds is 5. The molecule has 0 bridgehead atoms. The molecule has 0 spiro atoms. The Hall–Kier alpha value is -0.740. The van der Waals surface area contributed by atoms with E-state index in [9.17, 15) is 0 Å². The van der Waals surface area contributed by atoms with Crippen LogP contribution < -0.4 is 14.8 Å². The summed E-state index contributed by atoms with van der Waals surface area (Å²) in [6.07, 6.45) is 6.64. The van der Waals surface area contributed by atoms with Crippen molar-refractivity contribution in [1.82, 2.24) is 5.32 Å². The fourth-order valence-corrected chi connectivity index (χ4v) is 3.68. The van der Waals surface area contributed by atoms with Gasteiger partial charge in [-0.1, -0.05) is 19.8 Å². The first kappa shape index (κ1) is 16.6. The monoisotopic (exact) mass is 355 g/mol. The Balaban J connectivity index is 1.98. The summed E-state index contributed by atoms with van der Waals surface area (Å²) in [7, 11) is 3.33. The molecule has 0 radical (unpaired) electrons. The maximum Gasteiger partial charge on any atom is 0.174 e. The van der Waals surface area contributed by atoms with E-state index < -0.39 is 0 Å². The van der Waals surface area contributed by atoms with E-state index in [-0.39, 0.29) is 0 Å². The lowest BCUT2D eigenvalue weighted by Gasteiger charge is -2.18. The van der Waals surface area contributed by atoms with Crippen LogP contribution in [0.1, 0.15) is 44.6 Å². The second-order valence-electron chi connectivity index (χ2n) is 6.00. The van der Waals surface area contributed by atoms with Crippen molar-refractivity contribution in [3.05, 3.63) is 22.2 Å². The minimum atomic E-state index is 0.641. The number of ether oxygens (including phenoxy) is 2. The smallest absolute Gasteiger partial charge is 0.174 e. The van der Waals surface area contributed by atoms with Gasteiger partial charge in [-0.05, 0) is 58.8 Å². The summed E-state index contributed by atoms with van der Waals surface area (Å²) < 4.78 is 11.7. The molecule has 2 atom stereocenters. The summed E-state index contributed by atoms with van der Waals surface area (Å²) in [5, 5.41) is 3.70. The molecule has 1 aliphatic carbocycles. The standard InChI is InChI=1S/C17H26BrNO2/c1-12-5-4-6-14(8-7-12)19-11-13-9-15(18)17(21-3)16(10-13)20-2/h9-10,12,14,19H,4-8,11H2,1-3H3. The van der Waals surface area contributed by atoms with E-state index >= 15 is 0 Å². The van der Waals surface area contributed by atoms with Gasteiger partial charge in [0.15, 0.2) is 11.5 Å². The molecule has 1 fully saturated rings. The van der Waals surface area contributed by atoms with Crippen molar-refractivity contribution in [2.24, 2.45) is 5.92 Å². The van der Waals surface area contributed by atoms with Crippen molar-refractivity contribution in [3.63, 3.8) is 0 Å². The molecule has 1 aromatic rings. The van der Waals surface area contributed by atoms with Crippen molar-refractivity contribution < 1.29 is 9.47 Å². The van der Waals surface area contributed by atoms with Crippen LogP contribution in [0.15, 0.2) is 16.6 Å². The van der Waals surface area contributed by atoms with Crippen LogP contribution in [-0.4, -0.2) is 20.3 Å². The van der Waals surface area contributed by atoms with Gasteiger partial charge in [0.25, 0.3) is 0 Å². The molecule has 0 saturated heterocycles. The Bertz CT molecular complexity index is 464. The summed E-state index contributed by atoms with van der Waals surface area (Å²) in [4.78, 5) is 0. The van der Waals surface area contributed by atoms with Gasteiger partial charge in [0.1, 0.15) is 0 Å². The van der Waals surface area contributed by atoms with Gasteiger partial charge in [-0.2, -0.15) is 0 Å². The number of benzene rings is 1. The van der Waals surface area contributed by atoms with Crippen LogP contribution in [0, 0.1) is 5.92 Å². The lowest BCUT2D eigenvalue weighted by atomic mass is 10.0. The predicted molar refractivity (Wildman–Crippen MR) is 90.1 cm³/mol. The maximum absolute atomic E-state index is 5.40. The van der Waals surface area contributed by atoms with E-state index in [2.05, 4.69) is 40.3 Å². The predicted octanol–water partition coefficient (Wildman–Crippen LogP) is 4.52. The first-order valence-corrected chi connectivity index (χ1v) is 8.57. The molecule has 1 N–H and O–H groups in total. The van der Waals surface area contributed by atoms with Gasteiger partial charge in [0, 0.05) is 12.6 Å². The zero-order valence-electron chi connectivity index (χ0n) is 13.2. The normalized spacial score (nSPS) is 22.7. The van der Waals surface area contributed by atoms with Crippen molar-refractivity contribution in [1.29, 1.82) is 0 Å². The highest BCUT2D eigenvalue weighted by atomic mass is 79.9. The number of methoxy groups -OCH3 is 2. The third-order valence-corrected chi connectivity index (χ3v) is 4.93. The Morgan fingerprint density at radius 2 is 1.95 bits per heavy atom. The van der Waals surface area contributed by atoms with E-state index in [0.717, 1.165) is 28.4 Å². The Morgan fingerprint density at radius 1 is 1.14 bits per heavy atom. The van der Waals surface area contributed by atoms with Gasteiger partial charge in [-0.15, -0.1) is 0 Å². The van der Waals surface area contributed by atoms with Crippen LogP contribution >= 0.6 is 15.9 Å². The molecule has 118 valence electrons. The zero-order valence-corrected chi connectivity index (χ0v) is 14.8. The van der Waals surface area contributed by atoms with Crippen molar-refractivity contribution in [2.45, 2.75) is 51.6 Å². The molecule has 0 aromatic heterocycles. The van der Waals surface area contributed by atoms with Crippen molar-refractivity contribution in [2.75, 3.05) is 14.2 Å². The minimum Gasteiger partial charge on any atom is -0.493 e. The minimum absolute atomic E-state index is 0.641. The van der Waals surface area contributed by atoms with E-state index in [1.807, 2.05) is 0 Å². The second-order valence-corrected chi connectivity index (χ2v) is 6.86. The number of hydrogen-bond donors (Lipinski definition) is 1. The average molecular weight is 356 g/mol. The van der Waals surface area contributed by atoms with Gasteiger partial charge in [0.2, 0.25) is 0 Å². The summed E-state index contributed by atoms with van der Waals surface area (Å²) >= 11 is 3.55. The van der Waals surface area contributed by atoms with Crippen LogP contribution in [0.3, 0.4) is 0 Å². The summed E-state index contributed by atoms with van der Waals surface area (Å²) in [5.74, 6) is 2.41. The quantitative estimate of drug-likeness (QED) is 0.787. The molecular weight excluding hydrogens is 330 g/mol. The maximum atomic E-state index is 5.40. The molecule has 2 unspecified atom stereocenters. The van der Waals surface area contributed by atoms with E-state index in [4.69, 9.17) is 9.47 Å². The van der Waals surface area contributed by atoms with Gasteiger partial charge in [-0.25, -0.2) is 0 Å². The molecule has 1 aliphatic rings. The summed E-state index contributed by atoms with van der Waals surface area (Å²) in [5.41, 5.74) is 1.22. The van der Waals surface area contributed by atoms with Crippen LogP contribution in [0.25, 0.3) is 0 Å². The molecular formula is C17H26BrNO2. The van der Waals surface area contributed by atoms with E-state index in [1.54, 1.807) is 14.2 Å². The van der Waals surface area contributed by atoms with Gasteiger partial charge in [-0.3, -0.25) is 0 Å². The second kappa shape index (κ2) is 8.04. The highest BCUT2D eigenvalue weighted by Gasteiger charge is 2.16. The van der Waals surface area contributed by atoms with Crippen molar-refractivity contribution >= 4 is 15.9 Å². The molecule has 0 amide bonds. The van der Waals surface area contributed by atoms with Crippen LogP contribution in [0.5, 0.6) is 11.5 Å². The number of hydrogen-bond acceptors (Lipinski definition) is 3. The Labute approximate surface area is 136 Å². The molecule has 1 aromatic carbocycles. The van der Waals surface area contributed by atoms with Gasteiger partial charge in [0.05, 0.1) is 18.7 Å². The lowest BCUT2D eigenvalue weighted by Crippen LogP contribution is -2.28. The first-order chi connectivity index (χ1) is 10.1. The average Bonchev–Trinajstić information content (AvgIpc) is 2.69. The zero-order chi connectivity index (χ0) is 15.2. The molecule has 0 heterocycles. The highest BCUT2D eigenvalue weighted by Crippen LogP contribution is 2.36. The topological polar surface area (TPSA) is 30.5 Å². The van der Waals surface area contributed by atoms with E-state index in [0.29, 0.717) is 6.04 Å². The molecule has 3 nitrogen and oxygen atoms in total. The highest BCUT2D eigenvalue weighted by molar-refractivity contribution is 9.10. The summed E-state index contributed by atoms with van der Waals surface area (Å²) in [6.45, 7) is 3.24. The van der Waals surface area contributed by atoms with Gasteiger partial charge >= 0.3 is 0 Å². The largest absolute Gasteiger partial charge is 0.493 e. The molecule has 4 heteroatoms. The van der Waals surface area contributed by atoms with E-state index in [1.165, 1.54) is 37.7 Å². The Kier molecular flexibility index (Phi) is 6.37. The SMILES string of the molecule is COc1cc(CNC2CCCC(C)CC2)cc(Br)c1OC. The van der Waals surface area contributed by atoms with Crippen LogP contribution in [0.4, 0.5) is 0 Å².